The van der Waals surface area contributed by atoms with Gasteiger partial charge in [-0.05, 0) is 13.0 Å². The molecular formula is C24H24N4O3S. The van der Waals surface area contributed by atoms with E-state index in [1.807, 2.05) is 35.7 Å². The first-order chi connectivity index (χ1) is 15.6. The Balaban J connectivity index is 1.44. The third-order valence-corrected chi connectivity index (χ3v) is 5.92. The van der Waals surface area contributed by atoms with Crippen molar-refractivity contribution in [1.82, 2.24) is 14.8 Å². The van der Waals surface area contributed by atoms with Crippen LogP contribution in [-0.2, 0) is 17.8 Å². The molecule has 32 heavy (non-hydrogen) atoms. The fourth-order valence-corrected chi connectivity index (χ4v) is 4.20. The molecule has 2 aromatic heterocycles. The fraction of sp³-hybridized carbons (Fsp3) is 0.208. The zero-order valence-electron chi connectivity index (χ0n) is 18.2. The smallest absolute Gasteiger partial charge is 0.231 e. The highest BCUT2D eigenvalue weighted by Crippen LogP contribution is 2.31. The minimum absolute atomic E-state index is 0.148. The van der Waals surface area contributed by atoms with Gasteiger partial charge in [-0.25, -0.2) is 9.67 Å². The van der Waals surface area contributed by atoms with Crippen LogP contribution < -0.4 is 14.8 Å². The van der Waals surface area contributed by atoms with Gasteiger partial charge in [0.15, 0.2) is 11.5 Å². The Labute approximate surface area is 190 Å². The van der Waals surface area contributed by atoms with E-state index in [4.69, 9.17) is 9.47 Å². The van der Waals surface area contributed by atoms with Crippen LogP contribution in [0.2, 0.25) is 0 Å². The number of anilines is 1. The van der Waals surface area contributed by atoms with E-state index >= 15 is 0 Å². The second-order valence-electron chi connectivity index (χ2n) is 7.26. The summed E-state index contributed by atoms with van der Waals surface area (Å²) in [6.45, 7) is 2.48. The van der Waals surface area contributed by atoms with Crippen molar-refractivity contribution in [3.63, 3.8) is 0 Å². The molecule has 0 spiro atoms. The summed E-state index contributed by atoms with van der Waals surface area (Å²) >= 11 is 1.54. The van der Waals surface area contributed by atoms with Gasteiger partial charge in [-0.1, -0.05) is 42.0 Å². The van der Waals surface area contributed by atoms with Gasteiger partial charge in [0, 0.05) is 22.6 Å². The first-order valence-corrected chi connectivity index (χ1v) is 11.0. The lowest BCUT2D eigenvalue weighted by Gasteiger charge is -2.14. The number of aromatic nitrogens is 3. The van der Waals surface area contributed by atoms with E-state index in [0.717, 1.165) is 21.8 Å². The maximum absolute atomic E-state index is 12.7. The number of amides is 1. The molecule has 0 aliphatic heterocycles. The normalized spacial score (nSPS) is 10.7. The minimum atomic E-state index is -0.148. The van der Waals surface area contributed by atoms with Crippen molar-refractivity contribution in [2.24, 2.45) is 0 Å². The van der Waals surface area contributed by atoms with E-state index in [2.05, 4.69) is 34.5 Å². The lowest BCUT2D eigenvalue weighted by atomic mass is 10.2. The average molecular weight is 449 g/mol. The van der Waals surface area contributed by atoms with Gasteiger partial charge in [0.05, 0.1) is 39.1 Å². The first-order valence-electron chi connectivity index (χ1n) is 10.1. The Morgan fingerprint density at radius 3 is 2.66 bits per heavy atom. The molecule has 0 aliphatic rings. The van der Waals surface area contributed by atoms with Crippen molar-refractivity contribution in [2.75, 3.05) is 19.5 Å². The molecular weight excluding hydrogens is 424 g/mol. The van der Waals surface area contributed by atoms with Crippen molar-refractivity contribution < 1.29 is 14.3 Å². The molecule has 7 nitrogen and oxygen atoms in total. The predicted octanol–water partition coefficient (Wildman–Crippen LogP) is 4.56. The molecule has 0 aliphatic carbocycles. The van der Waals surface area contributed by atoms with Gasteiger partial charge in [-0.3, -0.25) is 4.79 Å². The van der Waals surface area contributed by atoms with Gasteiger partial charge in [0.2, 0.25) is 5.91 Å². The zero-order chi connectivity index (χ0) is 22.5. The van der Waals surface area contributed by atoms with Crippen molar-refractivity contribution in [1.29, 1.82) is 0 Å². The van der Waals surface area contributed by atoms with Crippen LogP contribution in [0.4, 0.5) is 5.82 Å². The Morgan fingerprint density at radius 2 is 1.91 bits per heavy atom. The van der Waals surface area contributed by atoms with Crippen molar-refractivity contribution >= 4 is 23.1 Å². The van der Waals surface area contributed by atoms with Gasteiger partial charge in [0.1, 0.15) is 10.8 Å². The first kappa shape index (κ1) is 21.6. The zero-order valence-corrected chi connectivity index (χ0v) is 19.0. The molecule has 164 valence electrons. The summed E-state index contributed by atoms with van der Waals surface area (Å²) in [6.07, 6.45) is 1.84. The number of methoxy groups -OCH3 is 2. The lowest BCUT2D eigenvalue weighted by Crippen LogP contribution is -2.18. The van der Waals surface area contributed by atoms with E-state index in [1.165, 1.54) is 16.9 Å². The quantitative estimate of drug-likeness (QED) is 0.427. The maximum atomic E-state index is 12.7. The van der Waals surface area contributed by atoms with Gasteiger partial charge >= 0.3 is 0 Å². The van der Waals surface area contributed by atoms with Crippen LogP contribution >= 0.6 is 11.3 Å². The molecule has 0 saturated heterocycles. The molecule has 0 unspecified atom stereocenters. The SMILES string of the molecule is COc1cccc(Cn2nccc2NC(=O)Cc2csc(-c3ccc(C)cc3)n2)c1OC. The average Bonchev–Trinajstić information content (AvgIpc) is 3.43. The number of para-hydroxylation sites is 1. The van der Waals surface area contributed by atoms with E-state index < -0.39 is 0 Å². The number of rotatable bonds is 8. The number of benzene rings is 2. The molecule has 2 heterocycles. The number of nitrogens with zero attached hydrogens (tertiary/aromatic N) is 3. The second kappa shape index (κ2) is 9.65. The number of hydrogen-bond acceptors (Lipinski definition) is 6. The second-order valence-corrected chi connectivity index (χ2v) is 8.12. The molecule has 4 aromatic rings. The molecule has 0 atom stereocenters. The number of nitrogens with one attached hydrogen (secondary N) is 1. The Hall–Kier alpha value is -3.65. The number of thiazole rings is 1. The number of hydrogen-bond donors (Lipinski definition) is 1. The van der Waals surface area contributed by atoms with E-state index in [9.17, 15) is 4.79 Å². The van der Waals surface area contributed by atoms with Gasteiger partial charge in [0.25, 0.3) is 0 Å². The number of carbonyl (C=O) groups is 1. The van der Waals surface area contributed by atoms with Crippen LogP contribution in [0.25, 0.3) is 10.6 Å². The summed E-state index contributed by atoms with van der Waals surface area (Å²) in [5.41, 5.74) is 3.89. The molecule has 0 saturated carbocycles. The molecule has 1 N–H and O–H groups in total. The van der Waals surface area contributed by atoms with Crippen molar-refractivity contribution in [3.05, 3.63) is 76.9 Å². The lowest BCUT2D eigenvalue weighted by molar-refractivity contribution is -0.115. The van der Waals surface area contributed by atoms with Gasteiger partial charge in [-0.2, -0.15) is 5.10 Å². The summed E-state index contributed by atoms with van der Waals surface area (Å²) in [5.74, 6) is 1.75. The third-order valence-electron chi connectivity index (χ3n) is 4.98. The van der Waals surface area contributed by atoms with Crippen molar-refractivity contribution in [2.45, 2.75) is 19.9 Å². The highest BCUT2D eigenvalue weighted by Gasteiger charge is 2.14. The number of carbonyl (C=O) groups excluding carboxylic acids is 1. The van der Waals surface area contributed by atoms with Crippen molar-refractivity contribution in [3.8, 4) is 22.1 Å². The largest absolute Gasteiger partial charge is 0.493 e. The molecule has 8 heteroatoms. The van der Waals surface area contributed by atoms with E-state index in [-0.39, 0.29) is 12.3 Å². The number of ether oxygens (including phenoxy) is 2. The highest BCUT2D eigenvalue weighted by atomic mass is 32.1. The fourth-order valence-electron chi connectivity index (χ4n) is 3.37. The van der Waals surface area contributed by atoms with Crippen LogP contribution in [0, 0.1) is 6.92 Å². The van der Waals surface area contributed by atoms with Crippen LogP contribution in [0.3, 0.4) is 0 Å². The summed E-state index contributed by atoms with van der Waals surface area (Å²) in [7, 11) is 3.20. The Bertz CT molecular complexity index is 1210. The molecule has 0 fully saturated rings. The molecule has 4 rings (SSSR count). The summed E-state index contributed by atoms with van der Waals surface area (Å²) in [6, 6.07) is 15.6. The summed E-state index contributed by atoms with van der Waals surface area (Å²) in [4.78, 5) is 17.3. The molecule has 1 amide bonds. The Kier molecular flexibility index (Phi) is 6.51. The molecule has 0 radical (unpaired) electrons. The van der Waals surface area contributed by atoms with Gasteiger partial charge < -0.3 is 14.8 Å². The third kappa shape index (κ3) is 4.81. The van der Waals surface area contributed by atoms with E-state index in [0.29, 0.717) is 23.9 Å². The Morgan fingerprint density at radius 1 is 1.09 bits per heavy atom. The molecule has 0 bridgehead atoms. The highest BCUT2D eigenvalue weighted by molar-refractivity contribution is 7.13. The van der Waals surface area contributed by atoms with Crippen LogP contribution in [-0.4, -0.2) is 34.9 Å². The van der Waals surface area contributed by atoms with Crippen LogP contribution in [0.15, 0.2) is 60.1 Å². The van der Waals surface area contributed by atoms with E-state index in [1.54, 1.807) is 31.2 Å². The van der Waals surface area contributed by atoms with Crippen LogP contribution in [0.1, 0.15) is 16.8 Å². The monoisotopic (exact) mass is 448 g/mol. The predicted molar refractivity (Wildman–Crippen MR) is 125 cm³/mol. The maximum Gasteiger partial charge on any atom is 0.231 e. The summed E-state index contributed by atoms with van der Waals surface area (Å²) in [5, 5.41) is 10.1. The van der Waals surface area contributed by atoms with Gasteiger partial charge in [-0.15, -0.1) is 11.3 Å². The van der Waals surface area contributed by atoms with Crippen LogP contribution in [0.5, 0.6) is 11.5 Å². The topological polar surface area (TPSA) is 78.3 Å². The summed E-state index contributed by atoms with van der Waals surface area (Å²) < 4.78 is 12.6. The molecule has 2 aromatic carbocycles. The standard InChI is InChI=1S/C24H24N4O3S/c1-16-7-9-17(10-8-16)24-26-19(15-32-24)13-22(29)27-21-11-12-25-28(21)14-18-5-4-6-20(30-2)23(18)31-3/h4-12,15H,13-14H2,1-3H3,(H,27,29). The minimum Gasteiger partial charge on any atom is -0.493 e. The number of aryl methyl sites for hydroxylation is 1.